The van der Waals surface area contributed by atoms with Gasteiger partial charge in [-0.2, -0.15) is 0 Å². The number of nitrogens with zero attached hydrogens (tertiary/aromatic N) is 4. The van der Waals surface area contributed by atoms with Gasteiger partial charge in [0.25, 0.3) is 5.91 Å². The number of amides is 3. The number of nitrogens with two attached hydrogens (primary N) is 1. The maximum atomic E-state index is 13.4. The van der Waals surface area contributed by atoms with E-state index in [1.807, 2.05) is 0 Å². The highest BCUT2D eigenvalue weighted by atomic mass is 16.6. The Morgan fingerprint density at radius 1 is 1.20 bits per heavy atom. The van der Waals surface area contributed by atoms with Crippen LogP contribution in [0.25, 0.3) is 0 Å². The molecule has 2 aliphatic heterocycles. The van der Waals surface area contributed by atoms with E-state index in [4.69, 9.17) is 15.2 Å². The number of aromatic nitrogens is 3. The minimum atomic E-state index is -1.30. The number of carbonyl (C=O) groups is 3. The van der Waals surface area contributed by atoms with Crippen molar-refractivity contribution in [2.45, 2.75) is 38.5 Å². The highest BCUT2D eigenvalue weighted by Crippen LogP contribution is 2.35. The third kappa shape index (κ3) is 5.71. The monoisotopic (exact) mass is 487 g/mol. The van der Waals surface area contributed by atoms with E-state index < -0.39 is 28.4 Å². The summed E-state index contributed by atoms with van der Waals surface area (Å²) in [6.45, 7) is 3.25. The Morgan fingerprint density at radius 2 is 2.00 bits per heavy atom. The Hall–Kier alpha value is -3.23. The molecule has 2 atom stereocenters. The summed E-state index contributed by atoms with van der Waals surface area (Å²) < 4.78 is 11.1. The van der Waals surface area contributed by atoms with Crippen molar-refractivity contribution < 1.29 is 28.5 Å². The Balaban J connectivity index is 1.29. The van der Waals surface area contributed by atoms with E-state index in [1.165, 1.54) is 0 Å². The standard InChI is InChI=1S/C22H29N7O6/c23-5-7-34-9-10-35-8-6-28-13-17(26-27-28)12-24-16-1-2-18-15(11-16)14-29(33,22(18)32)19-3-4-20(30)25-21(19)31/h1-2,11,13,19,24H,3-10,12,14,23H2,(H,25,30,31). The van der Waals surface area contributed by atoms with E-state index in [0.717, 1.165) is 0 Å². The molecule has 4 N–H and O–H groups in total. The molecule has 2 unspecified atom stereocenters. The van der Waals surface area contributed by atoms with E-state index in [1.54, 1.807) is 29.1 Å². The lowest BCUT2D eigenvalue weighted by Crippen LogP contribution is -2.60. The number of piperidine rings is 1. The van der Waals surface area contributed by atoms with Crippen LogP contribution in [0, 0.1) is 5.21 Å². The number of nitrogens with one attached hydrogen (secondary N) is 2. The molecule has 0 bridgehead atoms. The zero-order valence-electron chi connectivity index (χ0n) is 19.3. The first-order valence-electron chi connectivity index (χ1n) is 11.5. The van der Waals surface area contributed by atoms with Crippen LogP contribution >= 0.6 is 0 Å². The second-order valence-electron chi connectivity index (χ2n) is 8.44. The van der Waals surface area contributed by atoms with Crippen molar-refractivity contribution in [2.24, 2.45) is 5.73 Å². The number of imide groups is 1. The summed E-state index contributed by atoms with van der Waals surface area (Å²) in [5.41, 5.74) is 7.64. The van der Waals surface area contributed by atoms with Crippen LogP contribution in [0.2, 0.25) is 0 Å². The lowest BCUT2D eigenvalue weighted by molar-refractivity contribution is -0.825. The van der Waals surface area contributed by atoms with Crippen LogP contribution in [0.5, 0.6) is 0 Å². The van der Waals surface area contributed by atoms with E-state index >= 15 is 0 Å². The minimum absolute atomic E-state index is 0.0467. The highest BCUT2D eigenvalue weighted by Gasteiger charge is 2.49. The molecular formula is C22H29N7O6. The fourth-order valence-electron chi connectivity index (χ4n) is 4.19. The fourth-order valence-corrected chi connectivity index (χ4v) is 4.19. The molecule has 1 saturated heterocycles. The number of hydroxylamine groups is 3. The molecule has 13 nitrogen and oxygen atoms in total. The number of quaternary nitrogens is 1. The van der Waals surface area contributed by atoms with Crippen molar-refractivity contribution in [2.75, 3.05) is 38.3 Å². The van der Waals surface area contributed by atoms with Gasteiger partial charge in [0.05, 0.1) is 51.3 Å². The molecule has 1 aromatic heterocycles. The number of rotatable bonds is 12. The molecule has 3 amide bonds. The molecule has 35 heavy (non-hydrogen) atoms. The van der Waals surface area contributed by atoms with Gasteiger partial charge in [0.1, 0.15) is 12.2 Å². The first-order chi connectivity index (χ1) is 16.9. The first-order valence-corrected chi connectivity index (χ1v) is 11.5. The van der Waals surface area contributed by atoms with Crippen molar-refractivity contribution in [1.82, 2.24) is 20.3 Å². The van der Waals surface area contributed by atoms with Gasteiger partial charge in [0, 0.05) is 30.6 Å². The molecule has 188 valence electrons. The molecule has 1 fully saturated rings. The molecule has 0 radical (unpaired) electrons. The van der Waals surface area contributed by atoms with Gasteiger partial charge in [-0.15, -0.1) is 5.10 Å². The molecule has 0 saturated carbocycles. The van der Waals surface area contributed by atoms with E-state index in [-0.39, 0.29) is 19.4 Å². The van der Waals surface area contributed by atoms with Gasteiger partial charge in [-0.3, -0.25) is 19.6 Å². The molecule has 0 aliphatic carbocycles. The predicted octanol–water partition coefficient (Wildman–Crippen LogP) is -0.344. The summed E-state index contributed by atoms with van der Waals surface area (Å²) in [6, 6.07) is 3.92. The van der Waals surface area contributed by atoms with Crippen LogP contribution < -0.4 is 16.4 Å². The molecule has 2 aliphatic rings. The van der Waals surface area contributed by atoms with E-state index in [9.17, 15) is 19.6 Å². The van der Waals surface area contributed by atoms with Crippen LogP contribution in [0.1, 0.15) is 34.5 Å². The molecule has 13 heteroatoms. The number of fused-ring (bicyclic) bond motifs is 1. The van der Waals surface area contributed by atoms with Crippen molar-refractivity contribution in [3.63, 3.8) is 0 Å². The predicted molar refractivity (Wildman–Crippen MR) is 122 cm³/mol. The summed E-state index contributed by atoms with van der Waals surface area (Å²) in [5.74, 6) is -1.77. The third-order valence-corrected chi connectivity index (χ3v) is 5.96. The maximum absolute atomic E-state index is 13.4. The minimum Gasteiger partial charge on any atom is -0.624 e. The van der Waals surface area contributed by atoms with Gasteiger partial charge in [0.2, 0.25) is 5.91 Å². The summed E-state index contributed by atoms with van der Waals surface area (Å²) in [6.07, 6.45) is 1.91. The largest absolute Gasteiger partial charge is 0.624 e. The molecular weight excluding hydrogens is 458 g/mol. The van der Waals surface area contributed by atoms with Crippen LogP contribution in [-0.4, -0.2) is 76.4 Å². The molecule has 2 aromatic rings. The number of hydrogen-bond donors (Lipinski definition) is 3. The smallest absolute Gasteiger partial charge is 0.347 e. The summed E-state index contributed by atoms with van der Waals surface area (Å²) in [7, 11) is 0. The van der Waals surface area contributed by atoms with E-state index in [2.05, 4.69) is 20.9 Å². The van der Waals surface area contributed by atoms with Crippen molar-refractivity contribution in [3.05, 3.63) is 46.4 Å². The van der Waals surface area contributed by atoms with Crippen molar-refractivity contribution >= 4 is 23.4 Å². The fraction of sp³-hybridized carbons (Fsp3) is 0.500. The number of hydrogen-bond acceptors (Lipinski definition) is 10. The van der Waals surface area contributed by atoms with Crippen molar-refractivity contribution in [1.29, 1.82) is 0 Å². The molecule has 4 rings (SSSR count). The summed E-state index contributed by atoms with van der Waals surface area (Å²) >= 11 is 0. The summed E-state index contributed by atoms with van der Waals surface area (Å²) in [5, 5.41) is 27.0. The number of ether oxygens (including phenoxy) is 2. The van der Waals surface area contributed by atoms with E-state index in [0.29, 0.717) is 68.6 Å². The molecule has 0 spiro atoms. The molecule has 1 aromatic carbocycles. The van der Waals surface area contributed by atoms with Crippen LogP contribution in [-0.2, 0) is 38.7 Å². The average Bonchev–Trinajstić information content (AvgIpc) is 3.39. The number of benzene rings is 1. The summed E-state index contributed by atoms with van der Waals surface area (Å²) in [4.78, 5) is 36.5. The van der Waals surface area contributed by atoms with Crippen molar-refractivity contribution in [3.8, 4) is 0 Å². The Bertz CT molecular complexity index is 1090. The Morgan fingerprint density at radius 3 is 2.77 bits per heavy atom. The van der Waals surface area contributed by atoms with Crippen LogP contribution in [0.3, 0.4) is 0 Å². The third-order valence-electron chi connectivity index (χ3n) is 5.96. The normalized spacial score (nSPS) is 21.8. The topological polar surface area (TPSA) is 174 Å². The highest BCUT2D eigenvalue weighted by molar-refractivity contribution is 6.02. The molecule has 3 heterocycles. The SMILES string of the molecule is NCCOCCOCCn1cc(CNc2ccc3c(c2)C[N+]([O-])(C2CCC(=O)NC2=O)C3=O)nn1. The van der Waals surface area contributed by atoms with Crippen LogP contribution in [0.15, 0.2) is 24.4 Å². The Labute approximate surface area is 201 Å². The lowest BCUT2D eigenvalue weighted by atomic mass is 10.0. The van der Waals surface area contributed by atoms with Gasteiger partial charge in [-0.1, -0.05) is 5.21 Å². The van der Waals surface area contributed by atoms with Gasteiger partial charge < -0.3 is 25.7 Å². The quantitative estimate of drug-likeness (QED) is 0.155. The lowest BCUT2D eigenvalue weighted by Gasteiger charge is -2.42. The zero-order chi connectivity index (χ0) is 24.8. The second kappa shape index (κ2) is 11.0. The van der Waals surface area contributed by atoms with Crippen LogP contribution in [0.4, 0.5) is 5.69 Å². The number of carbonyl (C=O) groups excluding carboxylic acids is 3. The average molecular weight is 488 g/mol. The second-order valence-corrected chi connectivity index (χ2v) is 8.44. The Kier molecular flexibility index (Phi) is 7.83. The van der Waals surface area contributed by atoms with Gasteiger partial charge in [-0.05, 0) is 18.2 Å². The van der Waals surface area contributed by atoms with Gasteiger partial charge in [0.15, 0.2) is 6.04 Å². The maximum Gasteiger partial charge on any atom is 0.347 e. The first kappa shape index (κ1) is 24.9. The van der Waals surface area contributed by atoms with Gasteiger partial charge >= 0.3 is 5.91 Å². The van der Waals surface area contributed by atoms with Gasteiger partial charge in [-0.25, -0.2) is 9.48 Å². The number of anilines is 1. The zero-order valence-corrected chi connectivity index (χ0v) is 19.3.